The fourth-order valence-corrected chi connectivity index (χ4v) is 2.94. The highest BCUT2D eigenvalue weighted by Crippen LogP contribution is 2.33. The maximum absolute atomic E-state index is 10.8. The van der Waals surface area contributed by atoms with E-state index >= 15 is 0 Å². The number of rotatable bonds is 4. The molecule has 0 atom stereocenters. The van der Waals surface area contributed by atoms with E-state index in [0.717, 1.165) is 24.3 Å². The Labute approximate surface area is 182 Å². The van der Waals surface area contributed by atoms with Crippen LogP contribution in [-0.2, 0) is 0 Å². The molecule has 3 aromatic carbocycles. The number of fused-ring (bicyclic) bond motifs is 1. The van der Waals surface area contributed by atoms with Gasteiger partial charge in [-0.15, -0.1) is 0 Å². The second kappa shape index (κ2) is 9.01. The van der Waals surface area contributed by atoms with Crippen molar-refractivity contribution in [1.82, 2.24) is 10.3 Å². The predicted octanol–water partition coefficient (Wildman–Crippen LogP) is 3.93. The first-order valence-corrected chi connectivity index (χ1v) is 8.96. The third-order valence-corrected chi connectivity index (χ3v) is 4.47. The Hall–Kier alpha value is -4.65. The molecule has 0 bridgehead atoms. The van der Waals surface area contributed by atoms with Crippen molar-refractivity contribution >= 4 is 39.7 Å². The Kier molecular flexibility index (Phi) is 6.21. The van der Waals surface area contributed by atoms with Crippen LogP contribution in [0.2, 0.25) is 5.02 Å². The lowest BCUT2D eigenvalue weighted by atomic mass is 10.0. The van der Waals surface area contributed by atoms with Crippen molar-refractivity contribution in [2.75, 3.05) is 0 Å². The van der Waals surface area contributed by atoms with Crippen LogP contribution in [0.15, 0.2) is 60.7 Å². The number of hydrogen-bond acceptors (Lipinski definition) is 8. The van der Waals surface area contributed by atoms with Crippen LogP contribution in [0.5, 0.6) is 0 Å². The van der Waals surface area contributed by atoms with Crippen LogP contribution in [0.25, 0.3) is 22.2 Å². The number of nitro groups is 3. The maximum Gasteiger partial charge on any atom is 0.287 e. The number of nitrogens with zero attached hydrogens (tertiary/aromatic N) is 5. The zero-order chi connectivity index (χ0) is 23.4. The molecular formula is C18H11ClN6O7. The van der Waals surface area contributed by atoms with E-state index in [1.54, 1.807) is 18.2 Å². The van der Waals surface area contributed by atoms with Crippen LogP contribution >= 0.6 is 11.6 Å². The van der Waals surface area contributed by atoms with Gasteiger partial charge >= 0.3 is 0 Å². The molecule has 4 aromatic rings. The summed E-state index contributed by atoms with van der Waals surface area (Å²) in [4.78, 5) is 30.8. The Balaban J connectivity index is 0.000000238. The van der Waals surface area contributed by atoms with Gasteiger partial charge < -0.3 is 5.21 Å². The van der Waals surface area contributed by atoms with E-state index in [-0.39, 0.29) is 16.3 Å². The second-order valence-corrected chi connectivity index (χ2v) is 6.58. The van der Waals surface area contributed by atoms with E-state index in [2.05, 4.69) is 10.3 Å². The lowest BCUT2D eigenvalue weighted by Gasteiger charge is -2.03. The summed E-state index contributed by atoms with van der Waals surface area (Å²) in [7, 11) is 0. The number of aromatic nitrogens is 3. The lowest BCUT2D eigenvalue weighted by molar-refractivity contribution is -0.644. The first-order valence-electron chi connectivity index (χ1n) is 8.58. The molecular weight excluding hydrogens is 448 g/mol. The minimum Gasteiger partial charge on any atom is -0.692 e. The van der Waals surface area contributed by atoms with Crippen molar-refractivity contribution in [3.8, 4) is 11.1 Å². The average Bonchev–Trinajstić information content (AvgIpc) is 3.14. The SMILES string of the molecule is O=[N+]([O-])c1cc(-c2ccc([N+](=O)[O-])c(Cl)c2)cc([N+](=O)[O-])c1.[O-][n+]1[nH]nc2ccccc21. The number of para-hydroxylation sites is 2. The van der Waals surface area contributed by atoms with Crippen molar-refractivity contribution < 1.29 is 19.6 Å². The van der Waals surface area contributed by atoms with Crippen LogP contribution < -0.4 is 4.85 Å². The van der Waals surface area contributed by atoms with Gasteiger partial charge in [0.2, 0.25) is 11.0 Å². The lowest BCUT2D eigenvalue weighted by Crippen LogP contribution is -2.27. The number of nitro benzene ring substituents is 3. The summed E-state index contributed by atoms with van der Waals surface area (Å²) in [6.07, 6.45) is 0. The van der Waals surface area contributed by atoms with Crippen molar-refractivity contribution in [2.45, 2.75) is 0 Å². The Morgan fingerprint density at radius 2 is 1.44 bits per heavy atom. The Morgan fingerprint density at radius 3 is 1.97 bits per heavy atom. The van der Waals surface area contributed by atoms with Crippen molar-refractivity contribution in [3.05, 3.63) is 101 Å². The van der Waals surface area contributed by atoms with Gasteiger partial charge in [0.15, 0.2) is 0 Å². The number of H-pyrrole nitrogens is 1. The summed E-state index contributed by atoms with van der Waals surface area (Å²) in [5.74, 6) is 0. The monoisotopic (exact) mass is 458 g/mol. The molecule has 1 aromatic heterocycles. The molecule has 0 amide bonds. The van der Waals surface area contributed by atoms with Crippen molar-refractivity contribution in [1.29, 1.82) is 0 Å². The number of halogens is 1. The summed E-state index contributed by atoms with van der Waals surface area (Å²) in [5, 5.41) is 49.0. The fourth-order valence-electron chi connectivity index (χ4n) is 2.69. The largest absolute Gasteiger partial charge is 0.692 e. The van der Waals surface area contributed by atoms with Crippen LogP contribution in [0, 0.1) is 35.6 Å². The Morgan fingerprint density at radius 1 is 0.812 bits per heavy atom. The summed E-state index contributed by atoms with van der Waals surface area (Å²) in [6.45, 7) is 0. The highest BCUT2D eigenvalue weighted by atomic mass is 35.5. The molecule has 32 heavy (non-hydrogen) atoms. The smallest absolute Gasteiger partial charge is 0.287 e. The van der Waals surface area contributed by atoms with Gasteiger partial charge in [0.05, 0.1) is 20.8 Å². The number of nitrogens with one attached hydrogen (secondary N) is 1. The van der Waals surface area contributed by atoms with Crippen LogP contribution in [0.3, 0.4) is 0 Å². The molecule has 0 saturated heterocycles. The van der Waals surface area contributed by atoms with Gasteiger partial charge in [0, 0.05) is 23.3 Å². The fraction of sp³-hybridized carbons (Fsp3) is 0. The highest BCUT2D eigenvalue weighted by molar-refractivity contribution is 6.33. The molecule has 0 spiro atoms. The van der Waals surface area contributed by atoms with Crippen molar-refractivity contribution in [3.63, 3.8) is 0 Å². The normalized spacial score (nSPS) is 10.3. The standard InChI is InChI=1S/C12H6ClN3O6.C6H5N3O/c13-11-5-7(1-2-12(11)16(21)22)8-3-9(14(17)18)6-10(4-8)15(19)20;10-9-6-4-2-1-3-5(6)7-8-9/h1-6H;1-4,8H. The molecule has 0 saturated carbocycles. The number of hydrogen-bond donors (Lipinski definition) is 1. The number of aromatic amines is 1. The van der Waals surface area contributed by atoms with Gasteiger partial charge in [-0.3, -0.25) is 30.3 Å². The molecule has 1 N–H and O–H groups in total. The third-order valence-electron chi connectivity index (χ3n) is 4.16. The third kappa shape index (κ3) is 4.73. The molecule has 0 aliphatic carbocycles. The minimum atomic E-state index is -0.760. The minimum absolute atomic E-state index is 0.165. The van der Waals surface area contributed by atoms with Gasteiger partial charge in [-0.2, -0.15) is 4.85 Å². The van der Waals surface area contributed by atoms with E-state index in [9.17, 15) is 35.6 Å². The topological polar surface area (TPSA) is 185 Å². The number of benzene rings is 3. The molecule has 0 unspecified atom stereocenters. The zero-order valence-corrected chi connectivity index (χ0v) is 16.5. The average molecular weight is 459 g/mol. The molecule has 0 aliphatic rings. The Bertz CT molecular complexity index is 1320. The van der Waals surface area contributed by atoms with Crippen LogP contribution in [0.4, 0.5) is 17.1 Å². The van der Waals surface area contributed by atoms with Crippen LogP contribution in [0.1, 0.15) is 0 Å². The second-order valence-electron chi connectivity index (χ2n) is 6.17. The summed E-state index contributed by atoms with van der Waals surface area (Å²) in [6, 6.07) is 13.9. The molecule has 4 rings (SSSR count). The van der Waals surface area contributed by atoms with Gasteiger partial charge in [-0.1, -0.05) is 28.9 Å². The van der Waals surface area contributed by atoms with Crippen LogP contribution in [-0.4, -0.2) is 25.1 Å². The molecule has 162 valence electrons. The van der Waals surface area contributed by atoms with E-state index in [1.165, 1.54) is 12.1 Å². The van der Waals surface area contributed by atoms with Crippen molar-refractivity contribution in [2.24, 2.45) is 0 Å². The zero-order valence-electron chi connectivity index (χ0n) is 15.7. The quantitative estimate of drug-likeness (QED) is 0.206. The van der Waals surface area contributed by atoms with Gasteiger partial charge in [0.1, 0.15) is 5.02 Å². The molecule has 0 radical (unpaired) electrons. The summed E-state index contributed by atoms with van der Waals surface area (Å²) >= 11 is 5.77. The summed E-state index contributed by atoms with van der Waals surface area (Å²) in [5.41, 5.74) is 0.475. The van der Waals surface area contributed by atoms with Gasteiger partial charge in [-0.05, 0) is 35.4 Å². The van der Waals surface area contributed by atoms with E-state index in [4.69, 9.17) is 11.6 Å². The molecule has 13 nitrogen and oxygen atoms in total. The molecule has 1 heterocycles. The summed E-state index contributed by atoms with van der Waals surface area (Å²) < 4.78 is 0. The molecule has 0 aliphatic heterocycles. The molecule has 14 heteroatoms. The van der Waals surface area contributed by atoms with Gasteiger partial charge in [-0.25, -0.2) is 0 Å². The van der Waals surface area contributed by atoms with E-state index in [0.29, 0.717) is 21.4 Å². The van der Waals surface area contributed by atoms with Gasteiger partial charge in [0.25, 0.3) is 17.1 Å². The first kappa shape index (κ1) is 22.0. The van der Waals surface area contributed by atoms with E-state index < -0.39 is 26.1 Å². The number of non-ortho nitro benzene ring substituents is 2. The maximum atomic E-state index is 10.8. The van der Waals surface area contributed by atoms with E-state index in [1.807, 2.05) is 6.07 Å². The predicted molar refractivity (Wildman–Crippen MR) is 112 cm³/mol. The highest BCUT2D eigenvalue weighted by Gasteiger charge is 2.19. The molecule has 0 fully saturated rings. The first-order chi connectivity index (χ1) is 15.2.